The van der Waals surface area contributed by atoms with Crippen LogP contribution in [0, 0.1) is 26.2 Å². The van der Waals surface area contributed by atoms with Crippen LogP contribution in [0.15, 0.2) is 59.8 Å². The smallest absolute Gasteiger partial charge is 0.114 e. The Morgan fingerprint density at radius 3 is 2.11 bits per heavy atom. The molecule has 3 heterocycles. The first-order chi connectivity index (χ1) is 17.2. The SMILES string of the molecule is CCC(N)=C(C)C(=N)c1cccc(-c2cc(-c3cccc(-c4n[nH]c(CC)c4C)n3)c(C)cc2C)n1. The van der Waals surface area contributed by atoms with Gasteiger partial charge in [-0.1, -0.05) is 32.0 Å². The number of nitrogens with one attached hydrogen (secondary N) is 2. The van der Waals surface area contributed by atoms with Gasteiger partial charge in [0, 0.05) is 22.5 Å². The number of aryl methyl sites for hydroxylation is 3. The van der Waals surface area contributed by atoms with Crippen molar-refractivity contribution in [1.29, 1.82) is 5.41 Å². The molecule has 6 nitrogen and oxygen atoms in total. The first-order valence-corrected chi connectivity index (χ1v) is 12.4. The second-order valence-electron chi connectivity index (χ2n) is 9.21. The van der Waals surface area contributed by atoms with Gasteiger partial charge < -0.3 is 5.73 Å². The lowest BCUT2D eigenvalue weighted by atomic mass is 9.95. The number of aromatic nitrogens is 4. The molecule has 4 aromatic rings. The number of rotatable bonds is 7. The third-order valence-electron chi connectivity index (χ3n) is 6.82. The molecule has 3 aromatic heterocycles. The lowest BCUT2D eigenvalue weighted by molar-refractivity contribution is 0.969. The Morgan fingerprint density at radius 1 is 0.889 bits per heavy atom. The average Bonchev–Trinajstić information content (AvgIpc) is 3.27. The van der Waals surface area contributed by atoms with E-state index >= 15 is 0 Å². The average molecular weight is 479 g/mol. The highest BCUT2D eigenvalue weighted by Gasteiger charge is 2.16. The summed E-state index contributed by atoms with van der Waals surface area (Å²) in [5, 5.41) is 16.3. The molecule has 184 valence electrons. The summed E-state index contributed by atoms with van der Waals surface area (Å²) in [6.07, 6.45) is 1.61. The van der Waals surface area contributed by atoms with Crippen molar-refractivity contribution in [3.63, 3.8) is 0 Å². The minimum absolute atomic E-state index is 0.358. The van der Waals surface area contributed by atoms with Gasteiger partial charge in [-0.2, -0.15) is 5.10 Å². The van der Waals surface area contributed by atoms with Gasteiger partial charge >= 0.3 is 0 Å². The van der Waals surface area contributed by atoms with E-state index in [0.29, 0.717) is 23.5 Å². The van der Waals surface area contributed by atoms with E-state index in [2.05, 4.69) is 50.0 Å². The van der Waals surface area contributed by atoms with Crippen molar-refractivity contribution in [3.8, 4) is 33.9 Å². The highest BCUT2D eigenvalue weighted by atomic mass is 15.1. The molecule has 0 unspecified atom stereocenters. The molecule has 6 heteroatoms. The molecule has 1 aromatic carbocycles. The minimum atomic E-state index is 0.358. The van der Waals surface area contributed by atoms with E-state index in [0.717, 1.165) is 68.3 Å². The van der Waals surface area contributed by atoms with Crippen molar-refractivity contribution in [3.05, 3.63) is 87.9 Å². The van der Waals surface area contributed by atoms with Crippen molar-refractivity contribution in [2.24, 2.45) is 5.73 Å². The van der Waals surface area contributed by atoms with E-state index in [1.54, 1.807) is 0 Å². The lowest BCUT2D eigenvalue weighted by Crippen LogP contribution is -2.10. The fourth-order valence-electron chi connectivity index (χ4n) is 4.49. The monoisotopic (exact) mass is 478 g/mol. The van der Waals surface area contributed by atoms with E-state index in [1.807, 2.05) is 50.2 Å². The molecule has 0 saturated heterocycles. The summed E-state index contributed by atoms with van der Waals surface area (Å²) >= 11 is 0. The lowest BCUT2D eigenvalue weighted by Gasteiger charge is -2.14. The number of nitrogens with zero attached hydrogens (tertiary/aromatic N) is 3. The Hall–Kier alpha value is -4.06. The zero-order valence-corrected chi connectivity index (χ0v) is 22.0. The summed E-state index contributed by atoms with van der Waals surface area (Å²) in [7, 11) is 0. The summed E-state index contributed by atoms with van der Waals surface area (Å²) in [4.78, 5) is 9.83. The Labute approximate surface area is 213 Å². The van der Waals surface area contributed by atoms with Gasteiger partial charge in [0.25, 0.3) is 0 Å². The summed E-state index contributed by atoms with van der Waals surface area (Å²) in [5.41, 5.74) is 18.6. The maximum atomic E-state index is 8.61. The summed E-state index contributed by atoms with van der Waals surface area (Å²) in [5.74, 6) is 0. The van der Waals surface area contributed by atoms with E-state index in [1.165, 1.54) is 0 Å². The van der Waals surface area contributed by atoms with Gasteiger partial charge in [0.1, 0.15) is 5.69 Å². The van der Waals surface area contributed by atoms with Crippen LogP contribution in [0.3, 0.4) is 0 Å². The predicted octanol–water partition coefficient (Wildman–Crippen LogP) is 6.70. The molecule has 4 N–H and O–H groups in total. The summed E-state index contributed by atoms with van der Waals surface area (Å²) in [6, 6.07) is 16.2. The van der Waals surface area contributed by atoms with E-state index in [4.69, 9.17) is 21.1 Å². The van der Waals surface area contributed by atoms with E-state index in [9.17, 15) is 0 Å². The molecule has 0 atom stereocenters. The van der Waals surface area contributed by atoms with Gasteiger partial charge in [-0.3, -0.25) is 10.5 Å². The third-order valence-corrected chi connectivity index (χ3v) is 6.82. The molecule has 0 fully saturated rings. The largest absolute Gasteiger partial charge is 0.402 e. The van der Waals surface area contributed by atoms with Crippen LogP contribution in [0.4, 0.5) is 0 Å². The maximum absolute atomic E-state index is 8.61. The highest BCUT2D eigenvalue weighted by molar-refractivity contribution is 6.09. The molecule has 0 spiro atoms. The van der Waals surface area contributed by atoms with Crippen LogP contribution in [0.1, 0.15) is 55.3 Å². The van der Waals surface area contributed by atoms with Crippen LogP contribution in [-0.4, -0.2) is 25.9 Å². The molecule has 0 aliphatic rings. The van der Waals surface area contributed by atoms with Crippen molar-refractivity contribution in [1.82, 2.24) is 20.2 Å². The number of aromatic amines is 1. The third kappa shape index (κ3) is 4.71. The number of benzene rings is 1. The van der Waals surface area contributed by atoms with Crippen LogP contribution >= 0.6 is 0 Å². The standard InChI is InChI=1S/C30H34N6/c1-7-23(31)19(5)29(32)27-13-9-11-25(33-27)21-16-22(18(4)15-17(21)3)26-12-10-14-28(34-26)30-20(6)24(8-2)35-36-30/h9-16,32H,7-8,31H2,1-6H3,(H,35,36). The Morgan fingerprint density at radius 2 is 1.50 bits per heavy atom. The van der Waals surface area contributed by atoms with Crippen LogP contribution < -0.4 is 5.73 Å². The van der Waals surface area contributed by atoms with Crippen molar-refractivity contribution in [2.45, 2.75) is 54.4 Å². The maximum Gasteiger partial charge on any atom is 0.114 e. The molecular formula is C30H34N6. The number of pyridine rings is 2. The van der Waals surface area contributed by atoms with Gasteiger partial charge in [-0.25, -0.2) is 9.97 Å². The molecular weight excluding hydrogens is 444 g/mol. The number of H-pyrrole nitrogens is 1. The Kier molecular flexibility index (Phi) is 7.15. The molecule has 0 bridgehead atoms. The summed E-state index contributed by atoms with van der Waals surface area (Å²) in [6.45, 7) is 12.3. The molecule has 0 amide bonds. The van der Waals surface area contributed by atoms with Crippen LogP contribution in [0.5, 0.6) is 0 Å². The zero-order valence-electron chi connectivity index (χ0n) is 22.0. The van der Waals surface area contributed by atoms with Crippen LogP contribution in [0.2, 0.25) is 0 Å². The van der Waals surface area contributed by atoms with Gasteiger partial charge in [0.05, 0.1) is 28.5 Å². The quantitative estimate of drug-likeness (QED) is 0.257. The van der Waals surface area contributed by atoms with Crippen molar-refractivity contribution >= 4 is 5.71 Å². The topological polar surface area (TPSA) is 104 Å². The van der Waals surface area contributed by atoms with Crippen LogP contribution in [-0.2, 0) is 6.42 Å². The molecule has 0 aliphatic heterocycles. The van der Waals surface area contributed by atoms with Gasteiger partial charge in [0.15, 0.2) is 0 Å². The minimum Gasteiger partial charge on any atom is -0.402 e. The second-order valence-corrected chi connectivity index (χ2v) is 9.21. The molecule has 0 aliphatic carbocycles. The Balaban J connectivity index is 1.78. The van der Waals surface area contributed by atoms with E-state index in [-0.39, 0.29) is 0 Å². The van der Waals surface area contributed by atoms with Gasteiger partial charge in [0.2, 0.25) is 0 Å². The number of nitrogens with two attached hydrogens (primary N) is 1. The van der Waals surface area contributed by atoms with Gasteiger partial charge in [-0.15, -0.1) is 0 Å². The fourth-order valence-corrected chi connectivity index (χ4v) is 4.49. The van der Waals surface area contributed by atoms with Crippen molar-refractivity contribution < 1.29 is 0 Å². The van der Waals surface area contributed by atoms with Crippen LogP contribution in [0.25, 0.3) is 33.9 Å². The molecule has 0 radical (unpaired) electrons. The normalized spacial score (nSPS) is 11.9. The fraction of sp³-hybridized carbons (Fsp3) is 0.267. The van der Waals surface area contributed by atoms with E-state index < -0.39 is 0 Å². The van der Waals surface area contributed by atoms with Gasteiger partial charge in [-0.05, 0) is 93.1 Å². The summed E-state index contributed by atoms with van der Waals surface area (Å²) < 4.78 is 0. The first-order valence-electron chi connectivity index (χ1n) is 12.4. The Bertz CT molecular complexity index is 1470. The zero-order chi connectivity index (χ0) is 26.0. The second kappa shape index (κ2) is 10.3. The molecule has 0 saturated carbocycles. The first kappa shape index (κ1) is 25.0. The molecule has 4 rings (SSSR count). The number of allylic oxidation sites excluding steroid dienone is 2. The predicted molar refractivity (Wildman–Crippen MR) is 148 cm³/mol. The van der Waals surface area contributed by atoms with Crippen molar-refractivity contribution in [2.75, 3.05) is 0 Å². The highest BCUT2D eigenvalue weighted by Crippen LogP contribution is 2.32. The number of hydrogen-bond donors (Lipinski definition) is 3. The number of hydrogen-bond acceptors (Lipinski definition) is 5. The molecule has 36 heavy (non-hydrogen) atoms.